The van der Waals surface area contributed by atoms with Crippen molar-refractivity contribution in [3.63, 3.8) is 0 Å². The van der Waals surface area contributed by atoms with E-state index in [4.69, 9.17) is 16.0 Å². The molecule has 0 amide bonds. The molecule has 1 aromatic carbocycles. The second-order valence-corrected chi connectivity index (χ2v) is 8.55. The Hall–Kier alpha value is -3.61. The average Bonchev–Trinajstić information content (AvgIpc) is 3.19. The van der Waals surface area contributed by atoms with Crippen molar-refractivity contribution in [1.82, 2.24) is 19.9 Å². The zero-order valence-electron chi connectivity index (χ0n) is 16.9. The first-order valence-corrected chi connectivity index (χ1v) is 10.8. The number of rotatable bonds is 3. The lowest BCUT2D eigenvalue weighted by molar-refractivity contribution is 0.171. The Bertz CT molecular complexity index is 1350. The number of nitrogens with zero attached hydrogens (tertiary/aromatic N) is 6. The van der Waals surface area contributed by atoms with Crippen LogP contribution in [0.5, 0.6) is 0 Å². The van der Waals surface area contributed by atoms with Gasteiger partial charge in [-0.3, -0.25) is 0 Å². The van der Waals surface area contributed by atoms with Gasteiger partial charge in [0.15, 0.2) is 5.65 Å². The minimum Gasteiger partial charge on any atom is -0.390 e. The van der Waals surface area contributed by atoms with Crippen molar-refractivity contribution in [3.8, 4) is 28.5 Å². The Morgan fingerprint density at radius 3 is 2.69 bits per heavy atom. The fraction of sp³-hybridized carbons (Fsp3) is 0.174. The van der Waals surface area contributed by atoms with Crippen molar-refractivity contribution in [1.29, 1.82) is 5.26 Å². The third-order valence-corrected chi connectivity index (χ3v) is 6.08. The molecule has 1 fully saturated rings. The Morgan fingerprint density at radius 2 is 1.97 bits per heavy atom. The summed E-state index contributed by atoms with van der Waals surface area (Å²) in [6, 6.07) is 15.8. The SMILES string of the molecule is N#C[C@@H]1CN(c2ccc(-c3cc(-c4cccc(Br)c4)c4c(N)ncnc4n3)cn2)C[C@H]1O. The summed E-state index contributed by atoms with van der Waals surface area (Å²) in [5, 5.41) is 19.9. The highest BCUT2D eigenvalue weighted by atomic mass is 79.9. The predicted octanol–water partition coefficient (Wildman–Crippen LogP) is 3.42. The van der Waals surface area contributed by atoms with Gasteiger partial charge in [-0.1, -0.05) is 28.1 Å². The summed E-state index contributed by atoms with van der Waals surface area (Å²) < 4.78 is 0.950. The zero-order chi connectivity index (χ0) is 22.2. The minimum absolute atomic E-state index is 0.372. The molecule has 2 atom stereocenters. The van der Waals surface area contributed by atoms with E-state index in [1.54, 1.807) is 6.20 Å². The number of hydrogen-bond acceptors (Lipinski definition) is 8. The van der Waals surface area contributed by atoms with E-state index in [-0.39, 0.29) is 0 Å². The predicted molar refractivity (Wildman–Crippen MR) is 125 cm³/mol. The van der Waals surface area contributed by atoms with Crippen LogP contribution in [0.3, 0.4) is 0 Å². The Labute approximate surface area is 192 Å². The number of hydrogen-bond donors (Lipinski definition) is 2. The Morgan fingerprint density at radius 1 is 1.09 bits per heavy atom. The molecule has 0 aliphatic carbocycles. The second kappa shape index (κ2) is 8.15. The van der Waals surface area contributed by atoms with E-state index in [0.717, 1.165) is 21.2 Å². The molecule has 158 valence electrons. The molecule has 0 radical (unpaired) electrons. The summed E-state index contributed by atoms with van der Waals surface area (Å²) in [5.74, 6) is 0.679. The second-order valence-electron chi connectivity index (χ2n) is 7.64. The largest absolute Gasteiger partial charge is 0.390 e. The number of halogens is 1. The van der Waals surface area contributed by atoms with Crippen molar-refractivity contribution in [3.05, 3.63) is 59.5 Å². The van der Waals surface area contributed by atoms with Crippen LogP contribution in [0.15, 0.2) is 59.5 Å². The fourth-order valence-corrected chi connectivity index (χ4v) is 4.34. The number of aliphatic hydroxyl groups is 1. The first-order chi connectivity index (χ1) is 15.5. The molecular weight excluding hydrogens is 470 g/mol. The van der Waals surface area contributed by atoms with E-state index in [1.165, 1.54) is 6.33 Å². The number of benzene rings is 1. The highest BCUT2D eigenvalue weighted by Crippen LogP contribution is 2.35. The molecule has 0 saturated carbocycles. The molecule has 3 N–H and O–H groups in total. The third kappa shape index (κ3) is 3.64. The number of nitrogen functional groups attached to an aromatic ring is 1. The van der Waals surface area contributed by atoms with E-state index < -0.39 is 12.0 Å². The zero-order valence-corrected chi connectivity index (χ0v) is 18.4. The van der Waals surface area contributed by atoms with Gasteiger partial charge in [-0.05, 0) is 41.5 Å². The molecule has 8 nitrogen and oxygen atoms in total. The molecule has 3 aromatic heterocycles. The summed E-state index contributed by atoms with van der Waals surface area (Å²) in [6.45, 7) is 0.851. The van der Waals surface area contributed by atoms with Crippen LogP contribution in [-0.4, -0.2) is 44.2 Å². The molecule has 1 aliphatic rings. The maximum absolute atomic E-state index is 10.0. The van der Waals surface area contributed by atoms with E-state index in [0.29, 0.717) is 41.5 Å². The van der Waals surface area contributed by atoms with Crippen molar-refractivity contribution in [2.45, 2.75) is 6.10 Å². The lowest BCUT2D eigenvalue weighted by Crippen LogP contribution is -2.21. The van der Waals surface area contributed by atoms with Gasteiger partial charge in [0.1, 0.15) is 18.0 Å². The van der Waals surface area contributed by atoms with Crippen LogP contribution < -0.4 is 10.6 Å². The lowest BCUT2D eigenvalue weighted by Gasteiger charge is -2.16. The topological polar surface area (TPSA) is 125 Å². The van der Waals surface area contributed by atoms with Crippen LogP contribution in [0.4, 0.5) is 11.6 Å². The van der Waals surface area contributed by atoms with Gasteiger partial charge in [0.2, 0.25) is 0 Å². The number of aliphatic hydroxyl groups excluding tert-OH is 1. The first-order valence-electron chi connectivity index (χ1n) is 9.99. The van der Waals surface area contributed by atoms with Gasteiger partial charge in [-0.2, -0.15) is 5.26 Å². The van der Waals surface area contributed by atoms with Crippen LogP contribution >= 0.6 is 15.9 Å². The van der Waals surface area contributed by atoms with Crippen molar-refractivity contribution in [2.24, 2.45) is 5.92 Å². The Balaban J connectivity index is 1.57. The van der Waals surface area contributed by atoms with Gasteiger partial charge in [0, 0.05) is 29.3 Å². The van der Waals surface area contributed by atoms with Crippen molar-refractivity contribution in [2.75, 3.05) is 23.7 Å². The smallest absolute Gasteiger partial charge is 0.165 e. The number of nitrogens with two attached hydrogens (primary N) is 1. The maximum Gasteiger partial charge on any atom is 0.165 e. The van der Waals surface area contributed by atoms with Gasteiger partial charge >= 0.3 is 0 Å². The molecular formula is C23H18BrN7O. The highest BCUT2D eigenvalue weighted by Gasteiger charge is 2.31. The quantitative estimate of drug-likeness (QED) is 0.450. The number of fused-ring (bicyclic) bond motifs is 1. The molecule has 9 heteroatoms. The monoisotopic (exact) mass is 487 g/mol. The summed E-state index contributed by atoms with van der Waals surface area (Å²) in [6.07, 6.45) is 2.48. The third-order valence-electron chi connectivity index (χ3n) is 5.59. The number of pyridine rings is 2. The van der Waals surface area contributed by atoms with Crippen LogP contribution in [0, 0.1) is 17.2 Å². The maximum atomic E-state index is 10.0. The van der Waals surface area contributed by atoms with Gasteiger partial charge < -0.3 is 15.7 Å². The molecule has 1 saturated heterocycles. The first kappa shape index (κ1) is 20.3. The molecule has 0 spiro atoms. The van der Waals surface area contributed by atoms with Crippen molar-refractivity contribution < 1.29 is 5.11 Å². The summed E-state index contributed by atoms with van der Waals surface area (Å²) in [5.41, 5.74) is 10.1. The van der Waals surface area contributed by atoms with E-state index in [2.05, 4.69) is 37.0 Å². The number of nitriles is 1. The summed E-state index contributed by atoms with van der Waals surface area (Å²) in [4.78, 5) is 19.7. The molecule has 0 unspecified atom stereocenters. The highest BCUT2D eigenvalue weighted by molar-refractivity contribution is 9.10. The number of β-amino-alcohol motifs (C(OH)–C–C–N with tert-alkyl or cyclic N) is 1. The van der Waals surface area contributed by atoms with Crippen molar-refractivity contribution >= 4 is 38.6 Å². The minimum atomic E-state index is -0.665. The van der Waals surface area contributed by atoms with Gasteiger partial charge in [0.25, 0.3) is 0 Å². The molecule has 0 bridgehead atoms. The number of anilines is 2. The molecule has 5 rings (SSSR count). The molecule has 4 aromatic rings. The van der Waals surface area contributed by atoms with Crippen LogP contribution in [0.25, 0.3) is 33.4 Å². The van der Waals surface area contributed by atoms with Gasteiger partial charge in [-0.25, -0.2) is 19.9 Å². The lowest BCUT2D eigenvalue weighted by atomic mass is 10.0. The van der Waals surface area contributed by atoms with Gasteiger partial charge in [-0.15, -0.1) is 0 Å². The van der Waals surface area contributed by atoms with Crippen LogP contribution in [-0.2, 0) is 0 Å². The molecule has 1 aliphatic heterocycles. The van der Waals surface area contributed by atoms with Gasteiger partial charge in [0.05, 0.1) is 29.2 Å². The summed E-state index contributed by atoms with van der Waals surface area (Å²) >= 11 is 3.53. The van der Waals surface area contributed by atoms with E-state index >= 15 is 0 Å². The van der Waals surface area contributed by atoms with E-state index in [1.807, 2.05) is 47.4 Å². The van der Waals surface area contributed by atoms with Crippen LogP contribution in [0.2, 0.25) is 0 Å². The normalized spacial score (nSPS) is 18.1. The molecule has 32 heavy (non-hydrogen) atoms. The Kier molecular flexibility index (Phi) is 5.17. The standard InChI is InChI=1S/C23H18BrN7O/c24-16-3-1-2-13(6-16)17-7-18(30-23-21(17)22(26)28-12-29-23)14-4-5-20(27-9-14)31-10-15(8-25)19(32)11-31/h1-7,9,12,15,19,32H,10-11H2,(H2,26,28,29,30)/t15-,19-/m1/s1. The number of aromatic nitrogens is 4. The van der Waals surface area contributed by atoms with Crippen LogP contribution in [0.1, 0.15) is 0 Å². The fourth-order valence-electron chi connectivity index (χ4n) is 3.94. The average molecular weight is 488 g/mol. The molecule has 4 heterocycles. The van der Waals surface area contributed by atoms with E-state index in [9.17, 15) is 5.11 Å². The summed E-state index contributed by atoms with van der Waals surface area (Å²) in [7, 11) is 0.